The van der Waals surface area contributed by atoms with Crippen LogP contribution in [0, 0.1) is 0 Å². The third-order valence-electron chi connectivity index (χ3n) is 4.95. The molecule has 0 fully saturated rings. The molecule has 1 heterocycles. The zero-order valence-electron chi connectivity index (χ0n) is 13.9. The molecule has 0 saturated heterocycles. The molecule has 0 atom stereocenters. The second-order valence-electron chi connectivity index (χ2n) is 6.19. The van der Waals surface area contributed by atoms with E-state index in [-0.39, 0.29) is 11.2 Å². The van der Waals surface area contributed by atoms with Crippen molar-refractivity contribution in [2.24, 2.45) is 0 Å². The van der Waals surface area contributed by atoms with Gasteiger partial charge in [0.15, 0.2) is 11.8 Å². The van der Waals surface area contributed by atoms with Gasteiger partial charge in [0.25, 0.3) is 0 Å². The number of fused-ring (bicyclic) bond motifs is 1. The van der Waals surface area contributed by atoms with Gasteiger partial charge >= 0.3 is 5.76 Å². The standard InChI is InChI=1S/C20H22NO2/c1-4-20(3,5-2)17-13-9-10-15-14-21(19(22)23-18(15)17)16-11-7-6-8-12-16/h6-14H,4-5H2,1-3H3/q+1. The Balaban J connectivity index is 2.27. The van der Waals surface area contributed by atoms with Gasteiger partial charge in [0, 0.05) is 17.7 Å². The van der Waals surface area contributed by atoms with E-state index in [1.807, 2.05) is 48.7 Å². The summed E-state index contributed by atoms with van der Waals surface area (Å²) in [5, 5.41) is 0.944. The molecule has 0 N–H and O–H groups in total. The molecule has 0 radical (unpaired) electrons. The second kappa shape index (κ2) is 5.99. The molecule has 23 heavy (non-hydrogen) atoms. The van der Waals surface area contributed by atoms with Crippen LogP contribution in [0.15, 0.2) is 63.9 Å². The number of benzene rings is 2. The van der Waals surface area contributed by atoms with Crippen molar-refractivity contribution in [2.75, 3.05) is 0 Å². The molecule has 0 amide bonds. The van der Waals surface area contributed by atoms with Gasteiger partial charge in [0.1, 0.15) is 0 Å². The van der Waals surface area contributed by atoms with Crippen LogP contribution in [-0.4, -0.2) is 0 Å². The lowest BCUT2D eigenvalue weighted by Gasteiger charge is -2.27. The summed E-state index contributed by atoms with van der Waals surface area (Å²) in [5.74, 6) is -0.356. The molecule has 3 aromatic rings. The molecule has 0 saturated carbocycles. The SMILES string of the molecule is CCC(C)(CC)c1cccc2c[n+](-c3ccccc3)c(=O)oc12. The van der Waals surface area contributed by atoms with Crippen LogP contribution in [0.3, 0.4) is 0 Å². The smallest absolute Gasteiger partial charge is 0.371 e. The maximum Gasteiger partial charge on any atom is 0.608 e. The highest BCUT2D eigenvalue weighted by Gasteiger charge is 2.27. The van der Waals surface area contributed by atoms with Crippen molar-refractivity contribution in [1.82, 2.24) is 0 Å². The van der Waals surface area contributed by atoms with Crippen molar-refractivity contribution in [3.05, 3.63) is 70.8 Å². The van der Waals surface area contributed by atoms with E-state index in [1.165, 1.54) is 0 Å². The molecule has 118 valence electrons. The van der Waals surface area contributed by atoms with Crippen LogP contribution in [-0.2, 0) is 5.41 Å². The molecule has 0 unspecified atom stereocenters. The van der Waals surface area contributed by atoms with E-state index >= 15 is 0 Å². The zero-order chi connectivity index (χ0) is 16.4. The Hall–Kier alpha value is -2.42. The van der Waals surface area contributed by atoms with Crippen molar-refractivity contribution in [3.63, 3.8) is 0 Å². The highest BCUT2D eigenvalue weighted by Crippen LogP contribution is 2.35. The largest absolute Gasteiger partial charge is 0.608 e. The molecule has 3 nitrogen and oxygen atoms in total. The Morgan fingerprint density at radius 3 is 2.35 bits per heavy atom. The van der Waals surface area contributed by atoms with Crippen molar-refractivity contribution in [1.29, 1.82) is 0 Å². The first-order valence-electron chi connectivity index (χ1n) is 8.13. The van der Waals surface area contributed by atoms with Crippen LogP contribution >= 0.6 is 0 Å². The van der Waals surface area contributed by atoms with Gasteiger partial charge in [0.05, 0.1) is 5.39 Å². The van der Waals surface area contributed by atoms with Gasteiger partial charge in [-0.3, -0.25) is 0 Å². The van der Waals surface area contributed by atoms with Crippen LogP contribution in [0.4, 0.5) is 0 Å². The number of rotatable bonds is 4. The van der Waals surface area contributed by atoms with Crippen LogP contribution in [0.2, 0.25) is 0 Å². The van der Waals surface area contributed by atoms with Gasteiger partial charge in [-0.25, -0.2) is 0 Å². The Bertz CT molecular complexity index is 877. The lowest BCUT2D eigenvalue weighted by Crippen LogP contribution is -2.46. The van der Waals surface area contributed by atoms with E-state index < -0.39 is 0 Å². The summed E-state index contributed by atoms with van der Waals surface area (Å²) in [6.45, 7) is 6.57. The van der Waals surface area contributed by atoms with Gasteiger partial charge in [-0.15, -0.1) is 0 Å². The van der Waals surface area contributed by atoms with Crippen LogP contribution in [0.25, 0.3) is 16.7 Å². The molecular weight excluding hydrogens is 286 g/mol. The van der Waals surface area contributed by atoms with E-state index in [0.717, 1.165) is 29.5 Å². The second-order valence-corrected chi connectivity index (χ2v) is 6.19. The number of hydrogen-bond acceptors (Lipinski definition) is 2. The average molecular weight is 308 g/mol. The minimum atomic E-state index is -0.356. The van der Waals surface area contributed by atoms with Gasteiger partial charge in [0.2, 0.25) is 5.69 Å². The summed E-state index contributed by atoms with van der Waals surface area (Å²) in [4.78, 5) is 12.5. The van der Waals surface area contributed by atoms with Crippen LogP contribution < -0.4 is 10.3 Å². The Kier molecular flexibility index (Phi) is 4.03. The monoisotopic (exact) mass is 308 g/mol. The number of para-hydroxylation sites is 2. The molecule has 0 aliphatic heterocycles. The highest BCUT2D eigenvalue weighted by molar-refractivity contribution is 5.79. The van der Waals surface area contributed by atoms with Gasteiger partial charge in [-0.05, 0) is 24.3 Å². The van der Waals surface area contributed by atoms with Crippen molar-refractivity contribution in [2.45, 2.75) is 39.0 Å². The van der Waals surface area contributed by atoms with Crippen LogP contribution in [0.1, 0.15) is 39.2 Å². The minimum Gasteiger partial charge on any atom is -0.371 e. The molecule has 0 bridgehead atoms. The third kappa shape index (κ3) is 2.67. The number of hydrogen-bond donors (Lipinski definition) is 0. The molecule has 0 aliphatic rings. The molecule has 2 aromatic carbocycles. The third-order valence-corrected chi connectivity index (χ3v) is 4.95. The fourth-order valence-corrected chi connectivity index (χ4v) is 2.97. The molecule has 3 rings (SSSR count). The first kappa shape index (κ1) is 15.5. The molecule has 0 spiro atoms. The number of nitrogens with zero attached hydrogens (tertiary/aromatic N) is 1. The number of aromatic nitrogens is 1. The maximum atomic E-state index is 12.5. The van der Waals surface area contributed by atoms with E-state index in [0.29, 0.717) is 5.58 Å². The topological polar surface area (TPSA) is 34.1 Å². The minimum absolute atomic E-state index is 0.00831. The highest BCUT2D eigenvalue weighted by atomic mass is 16.4. The summed E-state index contributed by atoms with van der Waals surface area (Å²) in [5.41, 5.74) is 2.63. The first-order chi connectivity index (χ1) is 11.1. The van der Waals surface area contributed by atoms with E-state index in [4.69, 9.17) is 4.42 Å². The molecule has 3 heteroatoms. The van der Waals surface area contributed by atoms with Crippen molar-refractivity contribution < 1.29 is 8.98 Å². The Labute approximate surface area is 136 Å². The Morgan fingerprint density at radius 2 is 1.70 bits per heavy atom. The van der Waals surface area contributed by atoms with Gasteiger partial charge in [-0.2, -0.15) is 4.79 Å². The predicted molar refractivity (Wildman–Crippen MR) is 92.0 cm³/mol. The quantitative estimate of drug-likeness (QED) is 0.679. The lowest BCUT2D eigenvalue weighted by atomic mass is 9.77. The van der Waals surface area contributed by atoms with Crippen LogP contribution in [0.5, 0.6) is 0 Å². The fourth-order valence-electron chi connectivity index (χ4n) is 2.97. The maximum absolute atomic E-state index is 12.5. The fraction of sp³-hybridized carbons (Fsp3) is 0.300. The Morgan fingerprint density at radius 1 is 1.00 bits per heavy atom. The molecule has 0 aliphatic carbocycles. The lowest BCUT2D eigenvalue weighted by molar-refractivity contribution is -0.623. The van der Waals surface area contributed by atoms with Crippen molar-refractivity contribution in [3.8, 4) is 5.69 Å². The summed E-state index contributed by atoms with van der Waals surface area (Å²) < 4.78 is 7.29. The summed E-state index contributed by atoms with van der Waals surface area (Å²) in [7, 11) is 0. The van der Waals surface area contributed by atoms with E-state index in [2.05, 4.69) is 26.8 Å². The zero-order valence-corrected chi connectivity index (χ0v) is 13.9. The summed E-state index contributed by atoms with van der Waals surface area (Å²) >= 11 is 0. The molecular formula is C20H22NO2+. The van der Waals surface area contributed by atoms with Gasteiger partial charge in [-0.1, -0.05) is 55.7 Å². The predicted octanol–water partition coefficient (Wildman–Crippen LogP) is 4.15. The first-order valence-corrected chi connectivity index (χ1v) is 8.13. The van der Waals surface area contributed by atoms with Gasteiger partial charge < -0.3 is 4.42 Å². The normalized spacial score (nSPS) is 11.8. The molecule has 1 aromatic heterocycles. The van der Waals surface area contributed by atoms with E-state index in [9.17, 15) is 4.79 Å². The van der Waals surface area contributed by atoms with Crippen molar-refractivity contribution >= 4 is 11.0 Å². The average Bonchev–Trinajstić information content (AvgIpc) is 2.60. The summed E-state index contributed by atoms with van der Waals surface area (Å²) in [6, 6.07) is 15.7. The van der Waals surface area contributed by atoms with E-state index in [1.54, 1.807) is 4.57 Å². The summed E-state index contributed by atoms with van der Waals surface area (Å²) in [6.07, 6.45) is 3.87.